The molecule has 0 aliphatic carbocycles. The van der Waals surface area contributed by atoms with Gasteiger partial charge in [-0.05, 0) is 52.3 Å². The quantitative estimate of drug-likeness (QED) is 0.271. The Kier molecular flexibility index (Phi) is 13.6. The van der Waals surface area contributed by atoms with Crippen LogP contribution in [0.4, 0.5) is 10.5 Å². The highest BCUT2D eigenvalue weighted by atomic mass is 127. The van der Waals surface area contributed by atoms with Crippen LogP contribution in [0.25, 0.3) is 0 Å². The molecule has 0 radical (unpaired) electrons. The summed E-state index contributed by atoms with van der Waals surface area (Å²) in [6.07, 6.45) is -0.476. The lowest BCUT2D eigenvalue weighted by atomic mass is 10.2. The zero-order chi connectivity index (χ0) is 20.2. The number of benzene rings is 1. The fourth-order valence-corrected chi connectivity index (χ4v) is 2.79. The van der Waals surface area contributed by atoms with Crippen LogP contribution in [0.1, 0.15) is 40.2 Å². The van der Waals surface area contributed by atoms with E-state index >= 15 is 0 Å². The van der Waals surface area contributed by atoms with Crippen molar-refractivity contribution in [2.24, 2.45) is 4.99 Å². The van der Waals surface area contributed by atoms with Crippen molar-refractivity contribution >= 4 is 41.7 Å². The third kappa shape index (κ3) is 10.1. The minimum absolute atomic E-state index is 0. The molecule has 3 N–H and O–H groups in total. The van der Waals surface area contributed by atoms with Gasteiger partial charge >= 0.3 is 6.09 Å². The van der Waals surface area contributed by atoms with Crippen LogP contribution >= 0.6 is 24.0 Å². The monoisotopic (exact) mass is 505 g/mol. The second-order valence-corrected chi connectivity index (χ2v) is 6.86. The maximum atomic E-state index is 11.2. The maximum Gasteiger partial charge on any atom is 0.411 e. The average molecular weight is 505 g/mol. The molecular formula is C20H36IN5O2. The van der Waals surface area contributed by atoms with E-state index in [1.54, 1.807) is 0 Å². The predicted octanol–water partition coefficient (Wildman–Crippen LogP) is 3.66. The number of halogens is 1. The molecule has 0 unspecified atom stereocenters. The number of methoxy groups -OCH3 is 1. The Bertz CT molecular complexity index is 583. The number of aliphatic imine (C=N–C) groups is 1. The van der Waals surface area contributed by atoms with Gasteiger partial charge in [0, 0.05) is 37.4 Å². The number of guanidine groups is 1. The second-order valence-electron chi connectivity index (χ2n) is 6.86. The van der Waals surface area contributed by atoms with Crippen molar-refractivity contribution in [3.05, 3.63) is 29.8 Å². The van der Waals surface area contributed by atoms with Gasteiger partial charge in [0.2, 0.25) is 0 Å². The summed E-state index contributed by atoms with van der Waals surface area (Å²) in [5.41, 5.74) is 1.76. The number of hydrogen-bond acceptors (Lipinski definition) is 4. The van der Waals surface area contributed by atoms with Crippen LogP contribution in [-0.4, -0.2) is 55.8 Å². The van der Waals surface area contributed by atoms with E-state index in [2.05, 4.69) is 65.2 Å². The molecule has 1 aromatic carbocycles. The Hall–Kier alpha value is -1.55. The zero-order valence-corrected chi connectivity index (χ0v) is 20.2. The highest BCUT2D eigenvalue weighted by molar-refractivity contribution is 14.0. The lowest BCUT2D eigenvalue weighted by Crippen LogP contribution is -2.45. The molecule has 0 spiro atoms. The van der Waals surface area contributed by atoms with Gasteiger partial charge in [-0.1, -0.05) is 12.1 Å². The third-order valence-corrected chi connectivity index (χ3v) is 4.14. The standard InChI is InChI=1S/C20H35N5O2.HI/c1-7-21-19(22-12-13-25(15(2)3)16(4)5)23-14-17-8-10-18(11-9-17)24-20(26)27-6;/h8-11,15-16H,7,12-14H2,1-6H3,(H,24,26)(H2,21,22,23);1H. The number of anilines is 1. The number of rotatable bonds is 9. The van der Waals surface area contributed by atoms with Gasteiger partial charge in [-0.15, -0.1) is 24.0 Å². The number of ether oxygens (including phenoxy) is 1. The van der Waals surface area contributed by atoms with Crippen LogP contribution in [0, 0.1) is 0 Å². The smallest absolute Gasteiger partial charge is 0.411 e. The van der Waals surface area contributed by atoms with Crippen LogP contribution < -0.4 is 16.0 Å². The summed E-state index contributed by atoms with van der Waals surface area (Å²) in [5.74, 6) is 0.807. The summed E-state index contributed by atoms with van der Waals surface area (Å²) in [5, 5.41) is 9.31. The van der Waals surface area contributed by atoms with Crippen LogP contribution in [0.2, 0.25) is 0 Å². The zero-order valence-electron chi connectivity index (χ0n) is 17.9. The molecule has 7 nitrogen and oxygen atoms in total. The minimum atomic E-state index is -0.476. The van der Waals surface area contributed by atoms with Gasteiger partial charge in [-0.3, -0.25) is 10.2 Å². The van der Waals surface area contributed by atoms with E-state index in [1.807, 2.05) is 24.3 Å². The minimum Gasteiger partial charge on any atom is -0.453 e. The average Bonchev–Trinajstić information content (AvgIpc) is 2.63. The van der Waals surface area contributed by atoms with Gasteiger partial charge in [0.05, 0.1) is 13.7 Å². The van der Waals surface area contributed by atoms with Crippen molar-refractivity contribution in [2.45, 2.75) is 53.2 Å². The predicted molar refractivity (Wildman–Crippen MR) is 128 cm³/mol. The Labute approximate surface area is 186 Å². The number of hydrogen-bond donors (Lipinski definition) is 3. The van der Waals surface area contributed by atoms with Crippen LogP contribution in [0.5, 0.6) is 0 Å². The molecule has 0 saturated carbocycles. The molecule has 0 fully saturated rings. The Balaban J connectivity index is 0.00000729. The Morgan fingerprint density at radius 1 is 1.11 bits per heavy atom. The van der Waals surface area contributed by atoms with Gasteiger partial charge < -0.3 is 15.4 Å². The van der Waals surface area contributed by atoms with Gasteiger partial charge in [-0.25, -0.2) is 9.79 Å². The van der Waals surface area contributed by atoms with E-state index in [1.165, 1.54) is 7.11 Å². The first kappa shape index (κ1) is 26.4. The molecule has 0 heterocycles. The number of amides is 1. The molecular weight excluding hydrogens is 469 g/mol. The Morgan fingerprint density at radius 3 is 2.21 bits per heavy atom. The summed E-state index contributed by atoms with van der Waals surface area (Å²) >= 11 is 0. The molecule has 0 saturated heterocycles. The van der Waals surface area contributed by atoms with Crippen molar-refractivity contribution in [1.29, 1.82) is 0 Å². The maximum absolute atomic E-state index is 11.2. The van der Waals surface area contributed by atoms with Gasteiger partial charge in [0.15, 0.2) is 5.96 Å². The van der Waals surface area contributed by atoms with E-state index in [9.17, 15) is 4.79 Å². The second kappa shape index (κ2) is 14.4. The summed E-state index contributed by atoms with van der Waals surface area (Å²) in [6, 6.07) is 8.60. The van der Waals surface area contributed by atoms with Gasteiger partial charge in [0.25, 0.3) is 0 Å². The van der Waals surface area contributed by atoms with E-state index in [0.717, 1.165) is 31.2 Å². The lowest BCUT2D eigenvalue weighted by molar-refractivity contribution is 0.178. The Morgan fingerprint density at radius 2 is 1.71 bits per heavy atom. The van der Waals surface area contributed by atoms with Crippen molar-refractivity contribution < 1.29 is 9.53 Å². The van der Waals surface area contributed by atoms with Crippen LogP contribution in [-0.2, 0) is 11.3 Å². The first-order valence-electron chi connectivity index (χ1n) is 9.59. The normalized spacial score (nSPS) is 11.4. The summed E-state index contributed by atoms with van der Waals surface area (Å²) < 4.78 is 4.58. The molecule has 28 heavy (non-hydrogen) atoms. The fraction of sp³-hybridized carbons (Fsp3) is 0.600. The van der Waals surface area contributed by atoms with Gasteiger partial charge in [0.1, 0.15) is 0 Å². The molecule has 160 valence electrons. The topological polar surface area (TPSA) is 78.0 Å². The molecule has 0 aliphatic rings. The van der Waals surface area contributed by atoms with E-state index in [-0.39, 0.29) is 24.0 Å². The molecule has 1 rings (SSSR count). The molecule has 0 bridgehead atoms. The summed E-state index contributed by atoms with van der Waals surface area (Å²) in [7, 11) is 1.34. The first-order valence-corrected chi connectivity index (χ1v) is 9.59. The molecule has 0 atom stereocenters. The van der Waals surface area contributed by atoms with Crippen molar-refractivity contribution in [3.8, 4) is 0 Å². The molecule has 0 aromatic heterocycles. The molecule has 8 heteroatoms. The van der Waals surface area contributed by atoms with E-state index in [0.29, 0.717) is 24.3 Å². The van der Waals surface area contributed by atoms with Crippen molar-refractivity contribution in [1.82, 2.24) is 15.5 Å². The summed E-state index contributed by atoms with van der Waals surface area (Å²) in [4.78, 5) is 18.3. The summed E-state index contributed by atoms with van der Waals surface area (Å²) in [6.45, 7) is 14.1. The van der Waals surface area contributed by atoms with Crippen molar-refractivity contribution in [3.63, 3.8) is 0 Å². The highest BCUT2D eigenvalue weighted by Crippen LogP contribution is 2.10. The number of nitrogens with one attached hydrogen (secondary N) is 3. The SMILES string of the molecule is CCNC(=NCc1ccc(NC(=O)OC)cc1)NCCN(C(C)C)C(C)C.I. The van der Waals surface area contributed by atoms with E-state index in [4.69, 9.17) is 0 Å². The molecule has 1 aromatic rings. The number of nitrogens with zero attached hydrogens (tertiary/aromatic N) is 2. The molecule has 1 amide bonds. The van der Waals surface area contributed by atoms with Crippen LogP contribution in [0.3, 0.4) is 0 Å². The van der Waals surface area contributed by atoms with Crippen LogP contribution in [0.15, 0.2) is 29.3 Å². The van der Waals surface area contributed by atoms with Gasteiger partial charge in [-0.2, -0.15) is 0 Å². The first-order chi connectivity index (χ1) is 12.9. The lowest BCUT2D eigenvalue weighted by Gasteiger charge is -2.30. The van der Waals surface area contributed by atoms with E-state index < -0.39 is 6.09 Å². The third-order valence-electron chi connectivity index (χ3n) is 4.14. The number of carbonyl (C=O) groups is 1. The van der Waals surface area contributed by atoms with Crippen molar-refractivity contribution in [2.75, 3.05) is 32.1 Å². The highest BCUT2D eigenvalue weighted by Gasteiger charge is 2.12. The largest absolute Gasteiger partial charge is 0.453 e. The fourth-order valence-electron chi connectivity index (χ4n) is 2.79. The number of carbonyl (C=O) groups excluding carboxylic acids is 1. The molecule has 0 aliphatic heterocycles.